The molecule has 10 nitrogen and oxygen atoms in total. The van der Waals surface area contributed by atoms with E-state index in [1.807, 2.05) is 13.8 Å². The van der Waals surface area contributed by atoms with Crippen molar-refractivity contribution in [3.63, 3.8) is 0 Å². The van der Waals surface area contributed by atoms with Crippen LogP contribution in [0.2, 0.25) is 0 Å². The lowest BCUT2D eigenvalue weighted by atomic mass is 9.86. The van der Waals surface area contributed by atoms with Gasteiger partial charge in [0.2, 0.25) is 0 Å². The van der Waals surface area contributed by atoms with Gasteiger partial charge in [0.15, 0.2) is 0 Å². The van der Waals surface area contributed by atoms with Gasteiger partial charge in [-0.2, -0.15) is 0 Å². The lowest BCUT2D eigenvalue weighted by molar-refractivity contribution is -0.144. The molecule has 0 saturated carbocycles. The monoisotopic (exact) mass is 895 g/mol. The van der Waals surface area contributed by atoms with Crippen LogP contribution in [0.4, 0.5) is 0 Å². The van der Waals surface area contributed by atoms with E-state index in [1.54, 1.807) is 6.92 Å². The van der Waals surface area contributed by atoms with Gasteiger partial charge in [-0.3, -0.25) is 4.79 Å². The van der Waals surface area contributed by atoms with Crippen molar-refractivity contribution in [3.05, 3.63) is 73.4 Å². The van der Waals surface area contributed by atoms with Crippen molar-refractivity contribution in [3.8, 4) is 0 Å². The summed E-state index contributed by atoms with van der Waals surface area (Å²) in [6, 6.07) is 0. The number of allylic oxidation sites excluding steroid dienone is 4. The first-order valence-electron chi connectivity index (χ1n) is 25.2. The van der Waals surface area contributed by atoms with Gasteiger partial charge in [0.05, 0.1) is 25.5 Å². The number of rotatable bonds is 21. The highest BCUT2D eigenvalue weighted by Crippen LogP contribution is 2.50. The van der Waals surface area contributed by atoms with Crippen LogP contribution in [0.1, 0.15) is 197 Å². The maximum absolute atomic E-state index is 13.7. The predicted octanol–water partition coefficient (Wildman–Crippen LogP) is 12.8. The van der Waals surface area contributed by atoms with E-state index in [2.05, 4.69) is 94.2 Å². The van der Waals surface area contributed by atoms with Gasteiger partial charge < -0.3 is 40.3 Å². The lowest BCUT2D eigenvalue weighted by Crippen LogP contribution is -2.17. The molecule has 0 radical (unpaired) electrons. The first kappa shape index (κ1) is 50.0. The zero-order chi connectivity index (χ0) is 47.3. The second-order valence-electron chi connectivity index (χ2n) is 20.9. The molecular weight excluding hydrogens is 813 g/mol. The van der Waals surface area contributed by atoms with Crippen LogP contribution in [0.15, 0.2) is 28.4 Å². The molecule has 65 heavy (non-hydrogen) atoms. The number of nitrogens with one attached hydrogen (secondary N) is 4. The maximum atomic E-state index is 13.7. The molecule has 1 aliphatic carbocycles. The Morgan fingerprint density at radius 1 is 0.723 bits per heavy atom. The molecule has 10 heteroatoms. The van der Waals surface area contributed by atoms with Gasteiger partial charge in [-0.05, 0) is 93.1 Å². The average Bonchev–Trinajstić information content (AvgIpc) is 4.00. The van der Waals surface area contributed by atoms with E-state index in [1.165, 1.54) is 58.5 Å². The summed E-state index contributed by atoms with van der Waals surface area (Å²) in [6.45, 7) is 24.5. The zero-order valence-corrected chi connectivity index (χ0v) is 41.9. The molecule has 3 aliphatic heterocycles. The van der Waals surface area contributed by atoms with E-state index in [0.29, 0.717) is 35.8 Å². The number of carbonyl (C=O) groups is 2. The minimum absolute atomic E-state index is 0.102. The molecule has 2 fully saturated rings. The Bertz CT molecular complexity index is 2190. The fourth-order valence-electron chi connectivity index (χ4n) is 11.1. The Morgan fingerprint density at radius 2 is 1.28 bits per heavy atom. The van der Waals surface area contributed by atoms with E-state index >= 15 is 0 Å². The molecule has 4 aliphatic rings. The third kappa shape index (κ3) is 11.2. The minimum Gasteiger partial charge on any atom is -0.506 e. The quantitative estimate of drug-likeness (QED) is 0.0679. The number of H-pyrrole nitrogens is 2. The Hall–Kier alpha value is -4.44. The molecule has 358 valence electrons. The van der Waals surface area contributed by atoms with Crippen LogP contribution in [-0.4, -0.2) is 45.8 Å². The van der Waals surface area contributed by atoms with Gasteiger partial charge >= 0.3 is 11.9 Å². The molecule has 6 N–H and O–H groups in total. The smallest absolute Gasteiger partial charge is 0.342 e. The van der Waals surface area contributed by atoms with Crippen LogP contribution in [0.3, 0.4) is 0 Å². The van der Waals surface area contributed by atoms with E-state index in [9.17, 15) is 19.8 Å². The Labute approximate surface area is 390 Å². The fourth-order valence-corrected chi connectivity index (χ4v) is 11.1. The summed E-state index contributed by atoms with van der Waals surface area (Å²) >= 11 is 0. The Balaban J connectivity index is 1.19. The summed E-state index contributed by atoms with van der Waals surface area (Å²) < 4.78 is 11.2. The van der Waals surface area contributed by atoms with Crippen molar-refractivity contribution in [1.29, 1.82) is 0 Å². The summed E-state index contributed by atoms with van der Waals surface area (Å²) in [5.74, 6) is 1.94. The van der Waals surface area contributed by atoms with E-state index in [0.717, 1.165) is 93.6 Å². The number of aliphatic hydroxyl groups is 2. The number of ether oxygens (including phenoxy) is 2. The third-order valence-electron chi connectivity index (χ3n) is 15.4. The van der Waals surface area contributed by atoms with Gasteiger partial charge in [0, 0.05) is 86.7 Å². The van der Waals surface area contributed by atoms with Crippen LogP contribution in [0.5, 0.6) is 0 Å². The third-order valence-corrected chi connectivity index (χ3v) is 15.4. The van der Waals surface area contributed by atoms with E-state index < -0.39 is 12.1 Å². The number of hydrogen-bond acceptors (Lipinski definition) is 8. The van der Waals surface area contributed by atoms with Crippen molar-refractivity contribution in [2.24, 2.45) is 47.3 Å². The summed E-state index contributed by atoms with van der Waals surface area (Å²) in [5, 5.41) is 30.5. The highest BCUT2D eigenvalue weighted by molar-refractivity contribution is 6.17. The topological polar surface area (TPSA) is 149 Å². The van der Waals surface area contributed by atoms with Gasteiger partial charge in [-0.1, -0.05) is 113 Å². The number of aliphatic hydroxyl groups excluding tert-OH is 2. The molecule has 8 atom stereocenters. The molecule has 0 amide bonds. The van der Waals surface area contributed by atoms with Gasteiger partial charge in [0.25, 0.3) is 0 Å². The van der Waals surface area contributed by atoms with Crippen LogP contribution in [0.25, 0.3) is 29.6 Å². The average molecular weight is 895 g/mol. The largest absolute Gasteiger partial charge is 0.506 e. The standard InChI is InChI=1S/C55H82N4O6/c1-13-39-34(7)41-29-46-48(38(11)60)36(9)43(57-46)27-42-35(8)40(52(58-42)50-51(55(63)64-12)54(62)49-37(10)44(59-53(49)50)28-45(39)56-41)23-24-47(61)65-26-25-33(6)22-16-21-32(5)20-15-19-31(4)18-14-17-30(2)3/h27-35,38-40,56-60,62H,13-26H2,1-12H3/b41-29-,42-27-,45-28-,52-50-/t31-,32+,33?,34+,35-,38?,39+,40-/m0/s1. The molecule has 2 saturated heterocycles. The summed E-state index contributed by atoms with van der Waals surface area (Å²) in [7, 11) is 1.33. The van der Waals surface area contributed by atoms with Crippen LogP contribution in [-0.2, 0) is 19.1 Å². The molecule has 2 aromatic heterocycles. The second kappa shape index (κ2) is 21.9. The molecule has 2 aromatic rings. The molecule has 5 heterocycles. The van der Waals surface area contributed by atoms with Gasteiger partial charge in [-0.25, -0.2) is 4.79 Å². The van der Waals surface area contributed by atoms with Crippen molar-refractivity contribution in [1.82, 2.24) is 20.6 Å². The number of esters is 2. The summed E-state index contributed by atoms with van der Waals surface area (Å²) in [6.07, 6.45) is 19.7. The van der Waals surface area contributed by atoms with E-state index in [-0.39, 0.29) is 47.4 Å². The van der Waals surface area contributed by atoms with Crippen molar-refractivity contribution in [2.75, 3.05) is 13.7 Å². The molecule has 0 aromatic carbocycles. The number of carbonyl (C=O) groups excluding carboxylic acids is 2. The predicted molar refractivity (Wildman–Crippen MR) is 265 cm³/mol. The number of aromatic amines is 2. The Morgan fingerprint density at radius 3 is 1.88 bits per heavy atom. The number of aromatic nitrogens is 2. The highest BCUT2D eigenvalue weighted by Gasteiger charge is 2.43. The molecule has 6 rings (SSSR count). The second-order valence-corrected chi connectivity index (χ2v) is 20.9. The molecule has 8 bridgehead atoms. The lowest BCUT2D eigenvalue weighted by Gasteiger charge is -2.19. The van der Waals surface area contributed by atoms with Gasteiger partial charge in [-0.15, -0.1) is 0 Å². The number of fused-ring (bicyclic) bond motifs is 7. The molecule has 2 unspecified atom stereocenters. The Kier molecular flexibility index (Phi) is 16.8. The maximum Gasteiger partial charge on any atom is 0.342 e. The van der Waals surface area contributed by atoms with Crippen molar-refractivity contribution >= 4 is 41.5 Å². The van der Waals surface area contributed by atoms with Crippen LogP contribution < -0.4 is 10.6 Å². The highest BCUT2D eigenvalue weighted by atomic mass is 16.5. The SMILES string of the molecule is CC[C@H]1/C2=C/c3[nH]c4c(c3C)C(O)=C(C(=O)OC)/C4=C3/N/C(=C\c4[nH]c(c(C(C)O)c4C)/C=C(\N2)[C@@H]1C)[C@@H](C)[C@@H]3CCC(=O)OCCC(C)CCC[C@H](C)CCC[C@@H](C)CCCC(C)C. The van der Waals surface area contributed by atoms with E-state index in [4.69, 9.17) is 9.47 Å². The normalized spacial score (nSPS) is 25.5. The minimum atomic E-state index is -0.705. The van der Waals surface area contributed by atoms with Gasteiger partial charge in [0.1, 0.15) is 11.3 Å². The number of methoxy groups -OCH3 is 1. The van der Waals surface area contributed by atoms with Crippen LogP contribution >= 0.6 is 0 Å². The summed E-state index contributed by atoms with van der Waals surface area (Å²) in [4.78, 5) is 34.4. The van der Waals surface area contributed by atoms with Crippen molar-refractivity contribution in [2.45, 2.75) is 166 Å². The number of hydrogen-bond donors (Lipinski definition) is 6. The first-order valence-corrected chi connectivity index (χ1v) is 25.2. The molecular formula is C55H82N4O6. The molecule has 0 spiro atoms. The van der Waals surface area contributed by atoms with Crippen LogP contribution in [0, 0.1) is 61.2 Å². The first-order chi connectivity index (χ1) is 30.9. The fraction of sp³-hybridized carbons (Fsp3) is 0.636. The zero-order valence-electron chi connectivity index (χ0n) is 41.9. The van der Waals surface area contributed by atoms with Crippen molar-refractivity contribution < 1.29 is 29.3 Å². The summed E-state index contributed by atoms with van der Waals surface area (Å²) in [5.41, 5.74) is 10.8.